The second-order valence-corrected chi connectivity index (χ2v) is 8.82. The summed E-state index contributed by atoms with van der Waals surface area (Å²) in [5.74, 6) is -0.0558. The molecular formula is C19H21ClN2O3S. The maximum atomic E-state index is 12.6. The number of rotatable bonds is 6. The first kappa shape index (κ1) is 18.9. The molecule has 0 N–H and O–H groups in total. The minimum atomic E-state index is -3.42. The topological polar surface area (TPSA) is 57.7 Å². The minimum absolute atomic E-state index is 0.0558. The first-order valence-electron chi connectivity index (χ1n) is 8.42. The Morgan fingerprint density at radius 2 is 1.85 bits per heavy atom. The van der Waals surface area contributed by atoms with E-state index >= 15 is 0 Å². The van der Waals surface area contributed by atoms with Gasteiger partial charge in [-0.1, -0.05) is 41.9 Å². The van der Waals surface area contributed by atoms with Gasteiger partial charge < -0.3 is 4.90 Å². The van der Waals surface area contributed by atoms with E-state index in [1.165, 1.54) is 10.6 Å². The highest BCUT2D eigenvalue weighted by molar-refractivity contribution is 7.88. The molecule has 0 aromatic heterocycles. The third-order valence-corrected chi connectivity index (χ3v) is 6.01. The Hall–Kier alpha value is -1.89. The van der Waals surface area contributed by atoms with Gasteiger partial charge in [0.1, 0.15) is 0 Å². The molecule has 2 aromatic carbocycles. The molecule has 1 amide bonds. The molecule has 7 heteroatoms. The normalized spacial score (nSPS) is 13.9. The fourth-order valence-electron chi connectivity index (χ4n) is 3.11. The zero-order chi connectivity index (χ0) is 18.7. The Kier molecular flexibility index (Phi) is 5.65. The molecule has 0 bridgehead atoms. The van der Waals surface area contributed by atoms with E-state index in [2.05, 4.69) is 0 Å². The summed E-state index contributed by atoms with van der Waals surface area (Å²) in [6.07, 6.45) is 2.15. The molecule has 138 valence electrons. The van der Waals surface area contributed by atoms with Crippen LogP contribution in [-0.2, 0) is 27.8 Å². The molecule has 0 saturated carbocycles. The van der Waals surface area contributed by atoms with Gasteiger partial charge in [-0.3, -0.25) is 4.79 Å². The second kappa shape index (κ2) is 7.78. The summed E-state index contributed by atoms with van der Waals surface area (Å²) in [5, 5.41) is 0.600. The molecule has 5 nitrogen and oxygen atoms in total. The number of hydrogen-bond acceptors (Lipinski definition) is 3. The van der Waals surface area contributed by atoms with Crippen LogP contribution in [0.15, 0.2) is 48.5 Å². The summed E-state index contributed by atoms with van der Waals surface area (Å²) in [6, 6.07) is 14.9. The number of fused-ring (bicyclic) bond motifs is 1. The van der Waals surface area contributed by atoms with E-state index in [4.69, 9.17) is 11.6 Å². The van der Waals surface area contributed by atoms with E-state index < -0.39 is 10.0 Å². The van der Waals surface area contributed by atoms with Gasteiger partial charge in [-0.2, -0.15) is 4.31 Å². The quantitative estimate of drug-likeness (QED) is 0.759. The molecule has 1 aliphatic heterocycles. The Bertz CT molecular complexity index is 897. The lowest BCUT2D eigenvalue weighted by Crippen LogP contribution is -2.35. The number of benzene rings is 2. The van der Waals surface area contributed by atoms with Crippen LogP contribution in [0.1, 0.15) is 17.5 Å². The van der Waals surface area contributed by atoms with Crippen LogP contribution < -0.4 is 4.90 Å². The van der Waals surface area contributed by atoms with Crippen LogP contribution in [0.2, 0.25) is 5.02 Å². The SMILES string of the molecule is CS(=O)(=O)N(CCC(=O)N1CCc2ccccc21)Cc1ccc(Cl)cc1. The van der Waals surface area contributed by atoms with Gasteiger partial charge in [0.05, 0.1) is 6.26 Å². The predicted molar refractivity (Wildman–Crippen MR) is 104 cm³/mol. The van der Waals surface area contributed by atoms with Crippen LogP contribution in [0.5, 0.6) is 0 Å². The van der Waals surface area contributed by atoms with Gasteiger partial charge in [0.25, 0.3) is 0 Å². The highest BCUT2D eigenvalue weighted by Gasteiger charge is 2.25. The highest BCUT2D eigenvalue weighted by atomic mass is 35.5. The third kappa shape index (κ3) is 4.44. The molecule has 26 heavy (non-hydrogen) atoms. The van der Waals surface area contributed by atoms with E-state index in [0.29, 0.717) is 11.6 Å². The van der Waals surface area contributed by atoms with Crippen LogP contribution in [0.3, 0.4) is 0 Å². The smallest absolute Gasteiger partial charge is 0.228 e. The number of halogens is 1. The van der Waals surface area contributed by atoms with Gasteiger partial charge in [0, 0.05) is 36.8 Å². The fourth-order valence-corrected chi connectivity index (χ4v) is 4.04. The molecule has 0 saturated heterocycles. The van der Waals surface area contributed by atoms with Gasteiger partial charge in [-0.05, 0) is 35.7 Å². The number of carbonyl (C=O) groups excluding carboxylic acids is 1. The summed E-state index contributed by atoms with van der Waals surface area (Å²) < 4.78 is 25.5. The van der Waals surface area contributed by atoms with Gasteiger partial charge >= 0.3 is 0 Å². The Labute approximate surface area is 159 Å². The molecule has 2 aromatic rings. The Morgan fingerprint density at radius 1 is 1.15 bits per heavy atom. The summed E-state index contributed by atoms with van der Waals surface area (Å²) >= 11 is 5.87. The van der Waals surface area contributed by atoms with Crippen LogP contribution in [-0.4, -0.2) is 38.0 Å². The summed E-state index contributed by atoms with van der Waals surface area (Å²) in [6.45, 7) is 1.02. The molecule has 3 rings (SSSR count). The van der Waals surface area contributed by atoms with Gasteiger partial charge in [-0.15, -0.1) is 0 Å². The van der Waals surface area contributed by atoms with E-state index in [9.17, 15) is 13.2 Å². The van der Waals surface area contributed by atoms with Crippen molar-refractivity contribution >= 4 is 33.2 Å². The molecule has 0 aliphatic carbocycles. The zero-order valence-electron chi connectivity index (χ0n) is 14.6. The van der Waals surface area contributed by atoms with E-state index in [-0.39, 0.29) is 25.4 Å². The number of amides is 1. The molecule has 0 unspecified atom stereocenters. The summed E-state index contributed by atoms with van der Waals surface area (Å²) in [4.78, 5) is 14.4. The average Bonchev–Trinajstić information content (AvgIpc) is 3.03. The van der Waals surface area contributed by atoms with Crippen molar-refractivity contribution in [1.29, 1.82) is 0 Å². The molecule has 1 aliphatic rings. The fraction of sp³-hybridized carbons (Fsp3) is 0.316. The van der Waals surface area contributed by atoms with Crippen LogP contribution in [0.25, 0.3) is 0 Å². The largest absolute Gasteiger partial charge is 0.312 e. The molecular weight excluding hydrogens is 372 g/mol. The lowest BCUT2D eigenvalue weighted by Gasteiger charge is -2.22. The maximum absolute atomic E-state index is 12.6. The molecule has 0 radical (unpaired) electrons. The van der Waals surface area contributed by atoms with Crippen molar-refractivity contribution in [3.8, 4) is 0 Å². The molecule has 0 fully saturated rings. The van der Waals surface area contributed by atoms with Crippen LogP contribution in [0.4, 0.5) is 5.69 Å². The number of para-hydroxylation sites is 1. The highest BCUT2D eigenvalue weighted by Crippen LogP contribution is 2.28. The van der Waals surface area contributed by atoms with Crippen LogP contribution >= 0.6 is 11.6 Å². The first-order chi connectivity index (χ1) is 12.3. The Balaban J connectivity index is 1.67. The lowest BCUT2D eigenvalue weighted by molar-refractivity contribution is -0.118. The maximum Gasteiger partial charge on any atom is 0.228 e. The van der Waals surface area contributed by atoms with Crippen molar-refractivity contribution in [2.45, 2.75) is 19.4 Å². The second-order valence-electron chi connectivity index (χ2n) is 6.40. The monoisotopic (exact) mass is 392 g/mol. The van der Waals surface area contributed by atoms with Crippen molar-refractivity contribution < 1.29 is 13.2 Å². The van der Waals surface area contributed by atoms with E-state index in [1.807, 2.05) is 24.3 Å². The third-order valence-electron chi connectivity index (χ3n) is 4.50. The van der Waals surface area contributed by atoms with Crippen LogP contribution in [0, 0.1) is 0 Å². The lowest BCUT2D eigenvalue weighted by atomic mass is 10.2. The Morgan fingerprint density at radius 3 is 2.54 bits per heavy atom. The predicted octanol–water partition coefficient (Wildman–Crippen LogP) is 3.08. The van der Waals surface area contributed by atoms with Crippen molar-refractivity contribution in [3.63, 3.8) is 0 Å². The van der Waals surface area contributed by atoms with Gasteiger partial charge in [-0.25, -0.2) is 8.42 Å². The van der Waals surface area contributed by atoms with E-state index in [1.54, 1.807) is 29.2 Å². The standard InChI is InChI=1S/C19H21ClN2O3S/c1-26(24,25)21(14-15-6-8-17(20)9-7-15)12-11-19(23)22-13-10-16-4-2-3-5-18(16)22/h2-9H,10-14H2,1H3. The number of nitrogens with zero attached hydrogens (tertiary/aromatic N) is 2. The zero-order valence-corrected chi connectivity index (χ0v) is 16.1. The van der Waals surface area contributed by atoms with Crippen molar-refractivity contribution in [1.82, 2.24) is 4.31 Å². The summed E-state index contributed by atoms with van der Waals surface area (Å²) in [7, 11) is -3.42. The number of sulfonamides is 1. The molecule has 0 spiro atoms. The number of anilines is 1. The van der Waals surface area contributed by atoms with Crippen molar-refractivity contribution in [2.24, 2.45) is 0 Å². The average molecular weight is 393 g/mol. The van der Waals surface area contributed by atoms with Gasteiger partial charge in [0.15, 0.2) is 0 Å². The van der Waals surface area contributed by atoms with Gasteiger partial charge in [0.2, 0.25) is 15.9 Å². The number of carbonyl (C=O) groups is 1. The molecule has 0 atom stereocenters. The van der Waals surface area contributed by atoms with E-state index in [0.717, 1.165) is 23.2 Å². The molecule has 1 heterocycles. The summed E-state index contributed by atoms with van der Waals surface area (Å²) in [5.41, 5.74) is 2.92. The first-order valence-corrected chi connectivity index (χ1v) is 10.6. The number of hydrogen-bond donors (Lipinski definition) is 0. The van der Waals surface area contributed by atoms with Crippen molar-refractivity contribution in [2.75, 3.05) is 24.2 Å². The minimum Gasteiger partial charge on any atom is -0.312 e. The van der Waals surface area contributed by atoms with Crippen molar-refractivity contribution in [3.05, 3.63) is 64.7 Å².